The van der Waals surface area contributed by atoms with Gasteiger partial charge in [-0.1, -0.05) is 29.1 Å². The largest absolute Gasteiger partial charge is 0.497 e. The number of thioether (sulfide) groups is 1. The standard InChI is InChI=1S/C23H22FN5O3S/c1-30-18-5-2-4-16(12-18)21-25-20(32-28-21)14-33-23-27-26-22(15-7-9-17(24)10-8-15)29(23)13-19-6-3-11-31-19/h2,4-5,7-10,12,19H,3,6,11,13-14H2,1H3. The Labute approximate surface area is 194 Å². The van der Waals surface area contributed by atoms with E-state index in [1.807, 2.05) is 28.8 Å². The van der Waals surface area contributed by atoms with E-state index in [0.29, 0.717) is 35.0 Å². The Bertz CT molecular complexity index is 1220. The van der Waals surface area contributed by atoms with E-state index in [1.54, 1.807) is 19.2 Å². The van der Waals surface area contributed by atoms with Gasteiger partial charge < -0.3 is 14.0 Å². The first-order valence-corrected chi connectivity index (χ1v) is 11.6. The quantitative estimate of drug-likeness (QED) is 0.347. The van der Waals surface area contributed by atoms with E-state index in [2.05, 4.69) is 20.3 Å². The molecule has 1 atom stereocenters. The third kappa shape index (κ3) is 4.91. The van der Waals surface area contributed by atoms with Gasteiger partial charge in [-0.3, -0.25) is 4.57 Å². The van der Waals surface area contributed by atoms with Crippen LogP contribution in [0.3, 0.4) is 0 Å². The Morgan fingerprint density at radius 2 is 2.03 bits per heavy atom. The number of ether oxygens (including phenoxy) is 2. The highest BCUT2D eigenvalue weighted by Crippen LogP contribution is 2.29. The molecule has 1 fully saturated rings. The van der Waals surface area contributed by atoms with Crippen molar-refractivity contribution < 1.29 is 18.4 Å². The summed E-state index contributed by atoms with van der Waals surface area (Å²) in [7, 11) is 1.62. The van der Waals surface area contributed by atoms with Gasteiger partial charge in [0.05, 0.1) is 25.5 Å². The summed E-state index contributed by atoms with van der Waals surface area (Å²) in [5, 5.41) is 13.6. The maximum Gasteiger partial charge on any atom is 0.237 e. The first-order valence-electron chi connectivity index (χ1n) is 10.6. The van der Waals surface area contributed by atoms with Gasteiger partial charge in [-0.15, -0.1) is 10.2 Å². The van der Waals surface area contributed by atoms with Gasteiger partial charge in [-0.25, -0.2) is 4.39 Å². The fourth-order valence-electron chi connectivity index (χ4n) is 3.68. The van der Waals surface area contributed by atoms with E-state index >= 15 is 0 Å². The second-order valence-electron chi connectivity index (χ2n) is 7.59. The fraction of sp³-hybridized carbons (Fsp3) is 0.304. The minimum atomic E-state index is -0.290. The van der Waals surface area contributed by atoms with Crippen LogP contribution in [0.2, 0.25) is 0 Å². The SMILES string of the molecule is COc1cccc(-c2noc(CSc3nnc(-c4ccc(F)cc4)n3CC3CCCO3)n2)c1. The number of rotatable bonds is 8. The van der Waals surface area contributed by atoms with Crippen molar-refractivity contribution in [1.29, 1.82) is 0 Å². The molecule has 1 saturated heterocycles. The molecule has 0 N–H and O–H groups in total. The van der Waals surface area contributed by atoms with Gasteiger partial charge in [0.15, 0.2) is 11.0 Å². The Hall–Kier alpha value is -3.24. The number of nitrogens with zero attached hydrogens (tertiary/aromatic N) is 5. The third-order valence-electron chi connectivity index (χ3n) is 5.35. The molecule has 0 spiro atoms. The average Bonchev–Trinajstić information content (AvgIpc) is 3.61. The van der Waals surface area contributed by atoms with Crippen LogP contribution in [-0.2, 0) is 17.0 Å². The number of hydrogen-bond donors (Lipinski definition) is 0. The zero-order valence-corrected chi connectivity index (χ0v) is 18.8. The molecule has 2 aromatic heterocycles. The Kier molecular flexibility index (Phi) is 6.36. The van der Waals surface area contributed by atoms with Crippen molar-refractivity contribution in [3.63, 3.8) is 0 Å². The van der Waals surface area contributed by atoms with E-state index in [9.17, 15) is 4.39 Å². The maximum absolute atomic E-state index is 13.4. The van der Waals surface area contributed by atoms with E-state index in [1.165, 1.54) is 23.9 Å². The molecule has 0 saturated carbocycles. The van der Waals surface area contributed by atoms with Crippen molar-refractivity contribution in [3.05, 3.63) is 60.2 Å². The molecule has 10 heteroatoms. The Balaban J connectivity index is 1.36. The van der Waals surface area contributed by atoms with E-state index in [4.69, 9.17) is 14.0 Å². The summed E-state index contributed by atoms with van der Waals surface area (Å²) in [5.74, 6) is 2.52. The number of hydrogen-bond acceptors (Lipinski definition) is 8. The molecule has 0 radical (unpaired) electrons. The van der Waals surface area contributed by atoms with Gasteiger partial charge in [-0.05, 0) is 49.2 Å². The smallest absolute Gasteiger partial charge is 0.237 e. The van der Waals surface area contributed by atoms with Gasteiger partial charge in [0.2, 0.25) is 11.7 Å². The molecule has 2 aromatic carbocycles. The molecule has 170 valence electrons. The minimum absolute atomic E-state index is 0.0996. The lowest BCUT2D eigenvalue weighted by molar-refractivity contribution is 0.0953. The summed E-state index contributed by atoms with van der Waals surface area (Å²) in [6.45, 7) is 1.39. The van der Waals surface area contributed by atoms with Crippen molar-refractivity contribution in [1.82, 2.24) is 24.9 Å². The molecule has 0 amide bonds. The van der Waals surface area contributed by atoms with Gasteiger partial charge in [0.1, 0.15) is 11.6 Å². The van der Waals surface area contributed by atoms with Crippen LogP contribution < -0.4 is 4.74 Å². The van der Waals surface area contributed by atoms with Crippen LogP contribution in [0.25, 0.3) is 22.8 Å². The molecule has 4 aromatic rings. The molecular formula is C23H22FN5O3S. The minimum Gasteiger partial charge on any atom is -0.497 e. The Morgan fingerprint density at radius 1 is 1.15 bits per heavy atom. The van der Waals surface area contributed by atoms with Crippen LogP contribution in [0, 0.1) is 5.82 Å². The summed E-state index contributed by atoms with van der Waals surface area (Å²) < 4.78 is 32.0. The molecule has 1 aliphatic heterocycles. The average molecular weight is 468 g/mol. The summed E-state index contributed by atoms with van der Waals surface area (Å²) in [4.78, 5) is 4.50. The first-order chi connectivity index (χ1) is 16.2. The van der Waals surface area contributed by atoms with Crippen LogP contribution in [0.4, 0.5) is 4.39 Å². The third-order valence-corrected chi connectivity index (χ3v) is 6.30. The predicted molar refractivity (Wildman–Crippen MR) is 120 cm³/mol. The lowest BCUT2D eigenvalue weighted by Gasteiger charge is -2.14. The van der Waals surface area contributed by atoms with Crippen LogP contribution in [-0.4, -0.2) is 44.7 Å². The summed E-state index contributed by atoms with van der Waals surface area (Å²) >= 11 is 1.46. The van der Waals surface area contributed by atoms with E-state index in [-0.39, 0.29) is 11.9 Å². The summed E-state index contributed by atoms with van der Waals surface area (Å²) in [5.41, 5.74) is 1.61. The van der Waals surface area contributed by atoms with E-state index in [0.717, 1.165) is 36.3 Å². The number of methoxy groups -OCH3 is 1. The van der Waals surface area contributed by atoms with Crippen molar-refractivity contribution >= 4 is 11.8 Å². The molecule has 1 aliphatic rings. The highest BCUT2D eigenvalue weighted by atomic mass is 32.2. The summed E-state index contributed by atoms with van der Waals surface area (Å²) in [6.07, 6.45) is 2.12. The van der Waals surface area contributed by atoms with Gasteiger partial charge in [-0.2, -0.15) is 4.98 Å². The van der Waals surface area contributed by atoms with Gasteiger partial charge in [0.25, 0.3) is 0 Å². The highest BCUT2D eigenvalue weighted by Gasteiger charge is 2.22. The van der Waals surface area contributed by atoms with Crippen molar-refractivity contribution in [3.8, 4) is 28.5 Å². The Morgan fingerprint density at radius 3 is 2.82 bits per heavy atom. The zero-order chi connectivity index (χ0) is 22.6. The fourth-order valence-corrected chi connectivity index (χ4v) is 4.47. The molecule has 0 bridgehead atoms. The van der Waals surface area contributed by atoms with Crippen LogP contribution >= 0.6 is 11.8 Å². The molecule has 33 heavy (non-hydrogen) atoms. The lowest BCUT2D eigenvalue weighted by Crippen LogP contribution is -2.16. The summed E-state index contributed by atoms with van der Waals surface area (Å²) in [6, 6.07) is 13.8. The van der Waals surface area contributed by atoms with Gasteiger partial charge >= 0.3 is 0 Å². The van der Waals surface area contributed by atoms with E-state index < -0.39 is 0 Å². The van der Waals surface area contributed by atoms with Crippen molar-refractivity contribution in [2.24, 2.45) is 0 Å². The molecular weight excluding hydrogens is 445 g/mol. The van der Waals surface area contributed by atoms with Crippen LogP contribution in [0.15, 0.2) is 58.2 Å². The molecule has 3 heterocycles. The molecule has 8 nitrogen and oxygen atoms in total. The predicted octanol–water partition coefficient (Wildman–Crippen LogP) is 4.61. The number of benzene rings is 2. The lowest BCUT2D eigenvalue weighted by atomic mass is 10.2. The number of halogens is 1. The second kappa shape index (κ2) is 9.72. The first kappa shape index (κ1) is 21.6. The maximum atomic E-state index is 13.4. The van der Waals surface area contributed by atoms with Crippen molar-refractivity contribution in [2.45, 2.75) is 36.4 Å². The van der Waals surface area contributed by atoms with Crippen molar-refractivity contribution in [2.75, 3.05) is 13.7 Å². The molecule has 0 aliphatic carbocycles. The zero-order valence-electron chi connectivity index (χ0n) is 18.0. The number of aromatic nitrogens is 5. The monoisotopic (exact) mass is 467 g/mol. The molecule has 1 unspecified atom stereocenters. The molecule has 5 rings (SSSR count). The second-order valence-corrected chi connectivity index (χ2v) is 8.53. The normalized spacial score (nSPS) is 15.8. The van der Waals surface area contributed by atoms with Crippen LogP contribution in [0.1, 0.15) is 18.7 Å². The topological polar surface area (TPSA) is 88.1 Å². The highest BCUT2D eigenvalue weighted by molar-refractivity contribution is 7.98. The van der Waals surface area contributed by atoms with Gasteiger partial charge in [0, 0.05) is 17.7 Å². The van der Waals surface area contributed by atoms with Crippen LogP contribution in [0.5, 0.6) is 5.75 Å².